The number of carbonyl (C=O) groups excluding carboxylic acids is 7. The number of hydrogen-bond donors (Lipinski definition) is 9. The van der Waals surface area contributed by atoms with Crippen molar-refractivity contribution in [2.24, 2.45) is 17.6 Å². The Kier molecular flexibility index (Phi) is 21.3. The van der Waals surface area contributed by atoms with E-state index >= 15 is 0 Å². The monoisotopic (exact) mass is 823 g/mol. The number of carboxylic acids is 1. The van der Waals surface area contributed by atoms with E-state index in [-0.39, 0.29) is 19.3 Å². The number of benzene rings is 1. The number of unbranched alkanes of at least 4 members (excludes halogenated alkanes) is 1. The molecule has 320 valence electrons. The van der Waals surface area contributed by atoms with Gasteiger partial charge in [-0.05, 0) is 68.6 Å². The minimum absolute atomic E-state index is 0.0177. The Bertz CT molecular complexity index is 1590. The maximum Gasteiger partial charge on any atom is 0.326 e. The van der Waals surface area contributed by atoms with Gasteiger partial charge in [0, 0.05) is 17.4 Å². The van der Waals surface area contributed by atoms with Gasteiger partial charge in [-0.25, -0.2) is 4.79 Å². The Labute approximate surface area is 344 Å². The molecule has 1 rings (SSSR count). The van der Waals surface area contributed by atoms with Crippen LogP contribution in [0.5, 0.6) is 0 Å². The van der Waals surface area contributed by atoms with Gasteiger partial charge in [0.15, 0.2) is 0 Å². The van der Waals surface area contributed by atoms with Crippen LogP contribution in [0.4, 0.5) is 0 Å². The number of amides is 7. The summed E-state index contributed by atoms with van der Waals surface area (Å²) >= 11 is 1.37. The zero-order valence-corrected chi connectivity index (χ0v) is 34.6. The van der Waals surface area contributed by atoms with Crippen LogP contribution >= 0.6 is 11.8 Å². The van der Waals surface area contributed by atoms with Crippen LogP contribution in [-0.4, -0.2) is 114 Å². The van der Waals surface area contributed by atoms with Crippen molar-refractivity contribution in [3.63, 3.8) is 0 Å². The van der Waals surface area contributed by atoms with Crippen molar-refractivity contribution >= 4 is 59.1 Å². The van der Waals surface area contributed by atoms with Crippen molar-refractivity contribution in [2.75, 3.05) is 25.1 Å². The van der Waals surface area contributed by atoms with Gasteiger partial charge in [-0.3, -0.25) is 33.6 Å². The molecular formula is C39H64N8O9S. The molecule has 0 radical (unpaired) electrons. The molecule has 0 bridgehead atoms. The van der Waals surface area contributed by atoms with Crippen LogP contribution < -0.4 is 43.0 Å². The van der Waals surface area contributed by atoms with Crippen LogP contribution in [0.1, 0.15) is 89.7 Å². The largest absolute Gasteiger partial charge is 0.480 e. The summed E-state index contributed by atoms with van der Waals surface area (Å²) in [6, 6.07) is 1.48. The molecule has 17 nitrogen and oxygen atoms in total. The zero-order valence-electron chi connectivity index (χ0n) is 36.8. The van der Waals surface area contributed by atoms with Gasteiger partial charge in [0.25, 0.3) is 0 Å². The molecule has 0 saturated carbocycles. The lowest BCUT2D eigenvalue weighted by Crippen LogP contribution is -2.60. The summed E-state index contributed by atoms with van der Waals surface area (Å²) in [5.74, 6) is -7.48. The van der Waals surface area contributed by atoms with E-state index in [0.29, 0.717) is 43.5 Å². The number of rotatable bonds is 27. The SMILES string of the molecule is [2H]C([2H])([2H])C(=O)N[C@@H](CCSC)C(=O)N[C@H](C(=O)N[C@@H](Cc1ccccc1)C(=O)N[C@@H](C)C(=O)NCC(=O)N[C@H](C(=O)N[C@@H](CCCCN)C(=O)O)[C@@H](C)CC)[C@@H](C)CC. The Morgan fingerprint density at radius 2 is 1.30 bits per heavy atom. The standard InChI is InChI=1S/C39H64N8O9S/c1-8-23(3)32(37(53)44-29(39(55)56)17-13-14-19-40)46-31(49)22-41-34(50)25(5)42-36(52)30(21-27-15-11-10-12-16-27)45-38(54)33(24(4)9-2)47-35(51)28(18-20-57-7)43-26(6)48/h10-12,15-16,23-25,28-30,32-33H,8-9,13-14,17-22,40H2,1-7H3,(H,41,50)(H,42,52)(H,43,48)(H,44,53)(H,45,54)(H,46,49)(H,47,51)(H,55,56)/t23-,24-,25-,28-,29-,30-,32-,33-/m0/s1/i6D3. The predicted octanol–water partition coefficient (Wildman–Crippen LogP) is 0.353. The number of aliphatic carboxylic acids is 1. The molecule has 8 atom stereocenters. The first-order valence-corrected chi connectivity index (χ1v) is 20.6. The summed E-state index contributed by atoms with van der Waals surface area (Å²) in [6.07, 6.45) is 3.92. The molecule has 57 heavy (non-hydrogen) atoms. The summed E-state index contributed by atoms with van der Waals surface area (Å²) in [7, 11) is 0. The first-order chi connectivity index (χ1) is 28.2. The summed E-state index contributed by atoms with van der Waals surface area (Å²) < 4.78 is 22.2. The predicted molar refractivity (Wildman–Crippen MR) is 219 cm³/mol. The van der Waals surface area contributed by atoms with Crippen molar-refractivity contribution in [2.45, 2.75) is 123 Å². The van der Waals surface area contributed by atoms with Gasteiger partial charge in [-0.15, -0.1) is 0 Å². The normalized spacial score (nSPS) is 16.2. The molecule has 10 N–H and O–H groups in total. The Balaban J connectivity index is 3.13. The summed E-state index contributed by atoms with van der Waals surface area (Å²) in [4.78, 5) is 104. The van der Waals surface area contributed by atoms with E-state index in [2.05, 4.69) is 37.2 Å². The molecule has 0 heterocycles. The van der Waals surface area contributed by atoms with Crippen molar-refractivity contribution in [3.05, 3.63) is 35.9 Å². The maximum absolute atomic E-state index is 13.9. The lowest BCUT2D eigenvalue weighted by atomic mass is 9.96. The van der Waals surface area contributed by atoms with Crippen LogP contribution in [0.3, 0.4) is 0 Å². The average Bonchev–Trinajstić information content (AvgIpc) is 3.20. The first kappa shape index (κ1) is 45.0. The molecule has 0 aliphatic heterocycles. The van der Waals surface area contributed by atoms with Crippen LogP contribution in [0.25, 0.3) is 0 Å². The van der Waals surface area contributed by atoms with Crippen molar-refractivity contribution in [1.29, 1.82) is 0 Å². The minimum atomic E-state index is -3.00. The molecule has 0 saturated heterocycles. The van der Waals surface area contributed by atoms with E-state index in [1.54, 1.807) is 64.3 Å². The zero-order chi connectivity index (χ0) is 45.6. The third kappa shape index (κ3) is 18.9. The van der Waals surface area contributed by atoms with Crippen LogP contribution in [0.2, 0.25) is 0 Å². The Hall–Kier alpha value is -4.71. The third-order valence-electron chi connectivity index (χ3n) is 9.49. The second-order valence-corrected chi connectivity index (χ2v) is 15.0. The van der Waals surface area contributed by atoms with E-state index in [0.717, 1.165) is 0 Å². The highest BCUT2D eigenvalue weighted by molar-refractivity contribution is 7.98. The summed E-state index contributed by atoms with van der Waals surface area (Å²) in [5.41, 5.74) is 6.15. The van der Waals surface area contributed by atoms with Crippen molar-refractivity contribution in [3.8, 4) is 0 Å². The third-order valence-corrected chi connectivity index (χ3v) is 10.1. The van der Waals surface area contributed by atoms with Gasteiger partial charge in [0.2, 0.25) is 41.4 Å². The first-order valence-electron chi connectivity index (χ1n) is 20.8. The molecule has 0 aliphatic carbocycles. The molecule has 18 heteroatoms. The number of nitrogens with one attached hydrogen (secondary N) is 7. The molecule has 0 aliphatic rings. The fraction of sp³-hybridized carbons (Fsp3) is 0.641. The number of thioether (sulfide) groups is 1. The van der Waals surface area contributed by atoms with E-state index in [9.17, 15) is 43.5 Å². The van der Waals surface area contributed by atoms with Crippen LogP contribution in [0.15, 0.2) is 30.3 Å². The quantitative estimate of drug-likeness (QED) is 0.0547. The number of hydrogen-bond acceptors (Lipinski definition) is 10. The molecule has 0 fully saturated rings. The van der Waals surface area contributed by atoms with Crippen molar-refractivity contribution in [1.82, 2.24) is 37.2 Å². The summed E-state index contributed by atoms with van der Waals surface area (Å²) in [5, 5.41) is 27.2. The number of nitrogens with two attached hydrogens (primary N) is 1. The smallest absolute Gasteiger partial charge is 0.326 e. The lowest BCUT2D eigenvalue weighted by Gasteiger charge is -2.28. The molecule has 0 unspecified atom stereocenters. The second kappa shape index (κ2) is 27.0. The van der Waals surface area contributed by atoms with Gasteiger partial charge in [-0.2, -0.15) is 11.8 Å². The van der Waals surface area contributed by atoms with Gasteiger partial charge >= 0.3 is 5.97 Å². The molecule has 1 aromatic rings. The molecular weight excluding hydrogens is 757 g/mol. The van der Waals surface area contributed by atoms with E-state index in [1.165, 1.54) is 18.7 Å². The molecule has 7 amide bonds. The molecule has 1 aromatic carbocycles. The highest BCUT2D eigenvalue weighted by Crippen LogP contribution is 2.13. The van der Waals surface area contributed by atoms with Crippen molar-refractivity contribution < 1.29 is 47.6 Å². The van der Waals surface area contributed by atoms with E-state index in [4.69, 9.17) is 9.85 Å². The molecule has 0 aromatic heterocycles. The van der Waals surface area contributed by atoms with Gasteiger partial charge in [-0.1, -0.05) is 70.9 Å². The van der Waals surface area contributed by atoms with Gasteiger partial charge in [0.05, 0.1) is 6.54 Å². The summed E-state index contributed by atoms with van der Waals surface area (Å²) in [6.45, 7) is 5.14. The fourth-order valence-electron chi connectivity index (χ4n) is 5.58. The van der Waals surface area contributed by atoms with Gasteiger partial charge in [0.1, 0.15) is 36.3 Å². The molecule has 0 spiro atoms. The number of carboxylic acid groups (broad SMARTS) is 1. The highest BCUT2D eigenvalue weighted by atomic mass is 32.2. The topological polar surface area (TPSA) is 267 Å². The Morgan fingerprint density at radius 1 is 0.719 bits per heavy atom. The van der Waals surface area contributed by atoms with Crippen LogP contribution in [0, 0.1) is 11.8 Å². The maximum atomic E-state index is 13.9. The minimum Gasteiger partial charge on any atom is -0.480 e. The van der Waals surface area contributed by atoms with E-state index < -0.39 is 109 Å². The van der Waals surface area contributed by atoms with E-state index in [1.807, 2.05) is 0 Å². The van der Waals surface area contributed by atoms with Gasteiger partial charge < -0.3 is 48.1 Å². The van der Waals surface area contributed by atoms with Crippen LogP contribution in [-0.2, 0) is 44.8 Å². The average molecular weight is 824 g/mol. The second-order valence-electron chi connectivity index (χ2n) is 14.0. The Morgan fingerprint density at radius 3 is 1.84 bits per heavy atom. The fourth-order valence-corrected chi connectivity index (χ4v) is 6.05. The lowest BCUT2D eigenvalue weighted by molar-refractivity contribution is -0.142. The number of carbonyl (C=O) groups is 8. The highest BCUT2D eigenvalue weighted by Gasteiger charge is 2.34.